The van der Waals surface area contributed by atoms with Gasteiger partial charge in [-0.25, -0.2) is 0 Å². The van der Waals surface area contributed by atoms with Crippen LogP contribution >= 0.6 is 0 Å². The summed E-state index contributed by atoms with van der Waals surface area (Å²) in [6.07, 6.45) is -2.43. The second kappa shape index (κ2) is 9.08. The molecule has 2 aromatic rings. The molecule has 0 radical (unpaired) electrons. The van der Waals surface area contributed by atoms with Gasteiger partial charge in [0.2, 0.25) is 0 Å². The van der Waals surface area contributed by atoms with E-state index in [2.05, 4.69) is 0 Å². The predicted molar refractivity (Wildman–Crippen MR) is 92.8 cm³/mol. The van der Waals surface area contributed by atoms with Crippen molar-refractivity contribution in [1.29, 1.82) is 0 Å². The van der Waals surface area contributed by atoms with Crippen molar-refractivity contribution in [2.75, 3.05) is 13.7 Å². The summed E-state index contributed by atoms with van der Waals surface area (Å²) in [5, 5.41) is 10.4. The van der Waals surface area contributed by atoms with E-state index >= 15 is 0 Å². The van der Waals surface area contributed by atoms with Gasteiger partial charge in [0, 0.05) is 7.11 Å². The lowest BCUT2D eigenvalue weighted by Crippen LogP contribution is -2.37. The van der Waals surface area contributed by atoms with Gasteiger partial charge >= 0.3 is 0 Å². The molecule has 0 bridgehead atoms. The first-order chi connectivity index (χ1) is 12.3. The maximum Gasteiger partial charge on any atom is 0.186 e. The Labute approximate surface area is 148 Å². The molecule has 0 aliphatic carbocycles. The van der Waals surface area contributed by atoms with Gasteiger partial charge in [0.05, 0.1) is 19.8 Å². The first-order valence-electron chi connectivity index (χ1n) is 8.41. The molecular formula is C20H24O5. The van der Waals surface area contributed by atoms with Crippen LogP contribution in [-0.4, -0.2) is 43.4 Å². The fourth-order valence-corrected chi connectivity index (χ4v) is 2.87. The van der Waals surface area contributed by atoms with Crippen molar-refractivity contribution in [2.45, 2.75) is 37.8 Å². The highest BCUT2D eigenvalue weighted by Gasteiger charge is 2.44. The van der Waals surface area contributed by atoms with Crippen LogP contribution < -0.4 is 0 Å². The quantitative estimate of drug-likeness (QED) is 0.797. The number of aliphatic hydroxyl groups is 1. The van der Waals surface area contributed by atoms with E-state index in [1.165, 1.54) is 7.11 Å². The largest absolute Gasteiger partial charge is 0.385 e. The van der Waals surface area contributed by atoms with Crippen LogP contribution in [0.1, 0.15) is 11.1 Å². The molecule has 0 aromatic heterocycles. The Morgan fingerprint density at radius 2 is 1.52 bits per heavy atom. The molecule has 1 saturated heterocycles. The molecule has 1 fully saturated rings. The molecule has 0 saturated carbocycles. The first-order valence-corrected chi connectivity index (χ1v) is 8.41. The molecule has 25 heavy (non-hydrogen) atoms. The van der Waals surface area contributed by atoms with Crippen LogP contribution in [0.15, 0.2) is 60.7 Å². The Morgan fingerprint density at radius 1 is 0.920 bits per heavy atom. The summed E-state index contributed by atoms with van der Waals surface area (Å²) < 4.78 is 22.6. The number of methoxy groups -OCH3 is 1. The molecule has 2 aromatic carbocycles. The third-order valence-corrected chi connectivity index (χ3v) is 4.20. The summed E-state index contributed by atoms with van der Waals surface area (Å²) in [5.74, 6) is 0. The van der Waals surface area contributed by atoms with Gasteiger partial charge in [0.15, 0.2) is 6.29 Å². The van der Waals surface area contributed by atoms with Gasteiger partial charge in [-0.3, -0.25) is 0 Å². The number of rotatable bonds is 8. The molecule has 1 heterocycles. The monoisotopic (exact) mass is 344 g/mol. The number of hydrogen-bond donors (Lipinski definition) is 1. The zero-order chi connectivity index (χ0) is 17.5. The molecule has 1 aliphatic rings. The number of aliphatic hydroxyl groups excluding tert-OH is 1. The molecule has 1 unspecified atom stereocenters. The molecule has 1 N–H and O–H groups in total. The van der Waals surface area contributed by atoms with E-state index in [-0.39, 0.29) is 6.10 Å². The summed E-state index contributed by atoms with van der Waals surface area (Å²) in [7, 11) is 1.51. The van der Waals surface area contributed by atoms with Gasteiger partial charge in [0.1, 0.15) is 18.3 Å². The smallest absolute Gasteiger partial charge is 0.186 e. The fourth-order valence-electron chi connectivity index (χ4n) is 2.87. The highest BCUT2D eigenvalue weighted by molar-refractivity contribution is 5.14. The van der Waals surface area contributed by atoms with Crippen LogP contribution in [0, 0.1) is 0 Å². The molecule has 3 rings (SSSR count). The molecule has 1 aliphatic heterocycles. The zero-order valence-electron chi connectivity index (χ0n) is 14.3. The van der Waals surface area contributed by atoms with E-state index in [1.54, 1.807) is 0 Å². The predicted octanol–water partition coefficient (Wildman–Crippen LogP) is 2.52. The SMILES string of the molecule is COC1O[C@H](COCc2ccccc2)[C@H](OCc2ccccc2)[C@H]1O. The van der Waals surface area contributed by atoms with Gasteiger partial charge in [0.25, 0.3) is 0 Å². The van der Waals surface area contributed by atoms with Crippen LogP contribution in [0.4, 0.5) is 0 Å². The van der Waals surface area contributed by atoms with Crippen molar-refractivity contribution in [2.24, 2.45) is 0 Å². The Kier molecular flexibility index (Phi) is 6.55. The fraction of sp³-hybridized carbons (Fsp3) is 0.400. The maximum atomic E-state index is 10.4. The average molecular weight is 344 g/mol. The Hall–Kier alpha value is -1.76. The number of ether oxygens (including phenoxy) is 4. The Morgan fingerprint density at radius 3 is 2.12 bits per heavy atom. The van der Waals surface area contributed by atoms with Crippen LogP contribution in [0.25, 0.3) is 0 Å². The zero-order valence-corrected chi connectivity index (χ0v) is 14.3. The lowest BCUT2D eigenvalue weighted by Gasteiger charge is -2.20. The Balaban J connectivity index is 1.55. The van der Waals surface area contributed by atoms with Gasteiger partial charge in [-0.15, -0.1) is 0 Å². The van der Waals surface area contributed by atoms with Crippen LogP contribution in [0.3, 0.4) is 0 Å². The summed E-state index contributed by atoms with van der Waals surface area (Å²) in [5.41, 5.74) is 2.13. The molecule has 4 atom stereocenters. The van der Waals surface area contributed by atoms with Crippen LogP contribution in [0.5, 0.6) is 0 Å². The minimum atomic E-state index is -0.848. The lowest BCUT2D eigenvalue weighted by molar-refractivity contribution is -0.156. The lowest BCUT2D eigenvalue weighted by atomic mass is 10.1. The van der Waals surface area contributed by atoms with Crippen molar-refractivity contribution < 1.29 is 24.1 Å². The van der Waals surface area contributed by atoms with E-state index in [0.29, 0.717) is 19.8 Å². The van der Waals surface area contributed by atoms with Crippen molar-refractivity contribution >= 4 is 0 Å². The highest BCUT2D eigenvalue weighted by Crippen LogP contribution is 2.26. The van der Waals surface area contributed by atoms with Crippen LogP contribution in [0.2, 0.25) is 0 Å². The second-order valence-electron chi connectivity index (χ2n) is 6.03. The first kappa shape index (κ1) is 18.0. The van der Waals surface area contributed by atoms with Crippen molar-refractivity contribution in [3.05, 3.63) is 71.8 Å². The Bertz CT molecular complexity index is 618. The summed E-state index contributed by atoms with van der Waals surface area (Å²) >= 11 is 0. The van der Waals surface area contributed by atoms with Crippen LogP contribution in [-0.2, 0) is 32.2 Å². The summed E-state index contributed by atoms with van der Waals surface area (Å²) in [4.78, 5) is 0. The van der Waals surface area contributed by atoms with Gasteiger partial charge in [-0.05, 0) is 11.1 Å². The number of hydrogen-bond acceptors (Lipinski definition) is 5. The second-order valence-corrected chi connectivity index (χ2v) is 6.03. The third kappa shape index (κ3) is 4.87. The molecule has 5 heteroatoms. The normalized spacial score (nSPS) is 26.0. The minimum absolute atomic E-state index is 0.325. The third-order valence-electron chi connectivity index (χ3n) is 4.20. The van der Waals surface area contributed by atoms with E-state index in [9.17, 15) is 5.11 Å². The topological polar surface area (TPSA) is 57.2 Å². The molecule has 0 amide bonds. The van der Waals surface area contributed by atoms with Crippen molar-refractivity contribution in [1.82, 2.24) is 0 Å². The summed E-state index contributed by atoms with van der Waals surface area (Å²) in [6.45, 7) is 1.21. The molecule has 0 spiro atoms. The molecular weight excluding hydrogens is 320 g/mol. The average Bonchev–Trinajstić information content (AvgIpc) is 2.97. The van der Waals surface area contributed by atoms with E-state index in [1.807, 2.05) is 60.7 Å². The molecule has 5 nitrogen and oxygen atoms in total. The van der Waals surface area contributed by atoms with Crippen molar-refractivity contribution in [3.8, 4) is 0 Å². The summed E-state index contributed by atoms with van der Waals surface area (Å²) in [6, 6.07) is 19.8. The van der Waals surface area contributed by atoms with Gasteiger partial charge in [-0.1, -0.05) is 60.7 Å². The van der Waals surface area contributed by atoms with Gasteiger partial charge in [-0.2, -0.15) is 0 Å². The highest BCUT2D eigenvalue weighted by atomic mass is 16.7. The molecule has 134 valence electrons. The van der Waals surface area contributed by atoms with E-state index in [4.69, 9.17) is 18.9 Å². The number of benzene rings is 2. The maximum absolute atomic E-state index is 10.4. The van der Waals surface area contributed by atoms with Crippen molar-refractivity contribution in [3.63, 3.8) is 0 Å². The minimum Gasteiger partial charge on any atom is -0.385 e. The standard InChI is InChI=1S/C20H24O5/c1-22-20-18(21)19(24-13-16-10-6-3-7-11-16)17(25-20)14-23-12-15-8-4-2-5-9-15/h2-11,17-21H,12-14H2,1H3/t17-,18-,19+,20?/m1/s1. The van der Waals surface area contributed by atoms with E-state index in [0.717, 1.165) is 11.1 Å². The van der Waals surface area contributed by atoms with Gasteiger partial charge < -0.3 is 24.1 Å². The van der Waals surface area contributed by atoms with E-state index < -0.39 is 18.5 Å².